The highest BCUT2D eigenvalue weighted by molar-refractivity contribution is 5.91. The highest BCUT2D eigenvalue weighted by atomic mass is 14.0. The summed E-state index contributed by atoms with van der Waals surface area (Å²) in [5.41, 5.74) is 2.74. The van der Waals surface area contributed by atoms with Gasteiger partial charge in [0.1, 0.15) is 0 Å². The van der Waals surface area contributed by atoms with E-state index in [4.69, 9.17) is 0 Å². The molecule has 0 heteroatoms. The van der Waals surface area contributed by atoms with Crippen molar-refractivity contribution in [1.82, 2.24) is 0 Å². The molecule has 1 aliphatic rings. The van der Waals surface area contributed by atoms with Crippen LogP contribution in [0.4, 0.5) is 0 Å². The van der Waals surface area contributed by atoms with Gasteiger partial charge in [0, 0.05) is 0 Å². The van der Waals surface area contributed by atoms with Gasteiger partial charge in [-0.3, -0.25) is 0 Å². The molecule has 0 radical (unpaired) electrons. The summed E-state index contributed by atoms with van der Waals surface area (Å²) in [6, 6.07) is 13.3. The van der Waals surface area contributed by atoms with Gasteiger partial charge in [-0.1, -0.05) is 60.7 Å². The highest BCUT2D eigenvalue weighted by Gasteiger charge is 2.00. The topological polar surface area (TPSA) is 0 Å². The number of aryl methyl sites for hydroxylation is 1. The van der Waals surface area contributed by atoms with E-state index in [1.165, 1.54) is 21.9 Å². The molecule has 0 N–H and O–H groups in total. The minimum absolute atomic E-state index is 1.12. The molecule has 0 heterocycles. The van der Waals surface area contributed by atoms with Gasteiger partial charge < -0.3 is 0 Å². The SMILES string of the molecule is C1=CCCc2ccc3cccc(c3c2)C=C1. The van der Waals surface area contributed by atoms with Crippen LogP contribution in [0.5, 0.6) is 0 Å². The van der Waals surface area contributed by atoms with Gasteiger partial charge in [0.15, 0.2) is 0 Å². The molecule has 2 bridgehead atoms. The third kappa shape index (κ3) is 1.67. The van der Waals surface area contributed by atoms with Gasteiger partial charge in [-0.25, -0.2) is 0 Å². The van der Waals surface area contributed by atoms with Crippen molar-refractivity contribution in [1.29, 1.82) is 0 Å². The monoisotopic (exact) mass is 206 g/mol. The first kappa shape index (κ1) is 9.41. The maximum Gasteiger partial charge on any atom is -0.0109 e. The number of hydrogen-bond donors (Lipinski definition) is 0. The lowest BCUT2D eigenvalue weighted by atomic mass is 9.99. The van der Waals surface area contributed by atoms with E-state index >= 15 is 0 Å². The van der Waals surface area contributed by atoms with Crippen LogP contribution >= 0.6 is 0 Å². The van der Waals surface area contributed by atoms with Crippen LogP contribution < -0.4 is 0 Å². The van der Waals surface area contributed by atoms with Crippen molar-refractivity contribution in [3.05, 3.63) is 65.8 Å². The molecule has 78 valence electrons. The Morgan fingerprint density at radius 1 is 0.938 bits per heavy atom. The Hall–Kier alpha value is -1.82. The number of fused-ring (bicyclic) bond motifs is 1. The Balaban J connectivity index is 2.31. The van der Waals surface area contributed by atoms with Crippen molar-refractivity contribution in [2.24, 2.45) is 0 Å². The van der Waals surface area contributed by atoms with E-state index in [0.717, 1.165) is 12.8 Å². The summed E-state index contributed by atoms with van der Waals surface area (Å²) < 4.78 is 0. The largest absolute Gasteiger partial charge is 0.0842 e. The Kier molecular flexibility index (Phi) is 2.34. The van der Waals surface area contributed by atoms with Crippen LogP contribution in [0.25, 0.3) is 16.8 Å². The molecular formula is C16H14. The van der Waals surface area contributed by atoms with E-state index in [9.17, 15) is 0 Å². The Labute approximate surface area is 95.9 Å². The second kappa shape index (κ2) is 3.97. The first-order valence-corrected chi connectivity index (χ1v) is 5.78. The summed E-state index contributed by atoms with van der Waals surface area (Å²) in [5.74, 6) is 0. The summed E-state index contributed by atoms with van der Waals surface area (Å²) in [6.45, 7) is 0. The van der Waals surface area contributed by atoms with Crippen molar-refractivity contribution in [3.8, 4) is 0 Å². The third-order valence-electron chi connectivity index (χ3n) is 3.10. The fourth-order valence-electron chi connectivity index (χ4n) is 2.23. The van der Waals surface area contributed by atoms with Gasteiger partial charge >= 0.3 is 0 Å². The van der Waals surface area contributed by atoms with Crippen molar-refractivity contribution < 1.29 is 0 Å². The van der Waals surface area contributed by atoms with E-state index in [-0.39, 0.29) is 0 Å². The first-order chi connectivity index (χ1) is 7.93. The molecule has 0 nitrogen and oxygen atoms in total. The zero-order chi connectivity index (χ0) is 10.8. The molecule has 0 aromatic heterocycles. The molecule has 0 unspecified atom stereocenters. The second-order valence-electron chi connectivity index (χ2n) is 4.23. The summed E-state index contributed by atoms with van der Waals surface area (Å²) in [5, 5.41) is 2.70. The molecule has 3 rings (SSSR count). The van der Waals surface area contributed by atoms with Crippen molar-refractivity contribution in [2.45, 2.75) is 12.8 Å². The Bertz CT molecular complexity index is 574. The molecule has 2 aromatic carbocycles. The molecule has 1 aliphatic carbocycles. The molecule has 2 aromatic rings. The van der Waals surface area contributed by atoms with Crippen LogP contribution in [0.3, 0.4) is 0 Å². The van der Waals surface area contributed by atoms with Gasteiger partial charge in [0.25, 0.3) is 0 Å². The molecule has 16 heavy (non-hydrogen) atoms. The van der Waals surface area contributed by atoms with Crippen LogP contribution in [0, 0.1) is 0 Å². The van der Waals surface area contributed by atoms with Crippen LogP contribution in [0.1, 0.15) is 17.5 Å². The van der Waals surface area contributed by atoms with Crippen LogP contribution in [0.15, 0.2) is 54.6 Å². The average Bonchev–Trinajstić information content (AvgIpc) is 2.34. The van der Waals surface area contributed by atoms with Gasteiger partial charge in [-0.15, -0.1) is 0 Å². The van der Waals surface area contributed by atoms with E-state index in [0.29, 0.717) is 0 Å². The van der Waals surface area contributed by atoms with Gasteiger partial charge in [-0.2, -0.15) is 0 Å². The molecule has 0 fully saturated rings. The number of allylic oxidation sites excluding steroid dienone is 3. The molecule has 0 aliphatic heterocycles. The molecule has 0 spiro atoms. The molecular weight excluding hydrogens is 192 g/mol. The van der Waals surface area contributed by atoms with Crippen LogP contribution in [-0.4, -0.2) is 0 Å². The standard InChI is InChI=1S/C16H14/c1-2-4-7-14-8-5-9-15-11-10-13(6-3-1)12-16(14)15/h1-2,4-5,7-12H,3,6H2. The van der Waals surface area contributed by atoms with Crippen LogP contribution in [0.2, 0.25) is 0 Å². The summed E-state index contributed by atoms with van der Waals surface area (Å²) in [4.78, 5) is 0. The smallest absolute Gasteiger partial charge is 0.0109 e. The average molecular weight is 206 g/mol. The van der Waals surface area contributed by atoms with E-state index in [2.05, 4.69) is 60.7 Å². The zero-order valence-corrected chi connectivity index (χ0v) is 9.19. The minimum atomic E-state index is 1.12. The fourth-order valence-corrected chi connectivity index (χ4v) is 2.23. The van der Waals surface area contributed by atoms with E-state index in [1.54, 1.807) is 0 Å². The highest BCUT2D eigenvalue weighted by Crippen LogP contribution is 2.23. The molecule has 0 atom stereocenters. The lowest BCUT2D eigenvalue weighted by Gasteiger charge is -2.06. The maximum atomic E-state index is 2.33. The summed E-state index contributed by atoms with van der Waals surface area (Å²) >= 11 is 0. The van der Waals surface area contributed by atoms with Gasteiger partial charge in [0.2, 0.25) is 0 Å². The number of rotatable bonds is 0. The Morgan fingerprint density at radius 3 is 2.94 bits per heavy atom. The lowest BCUT2D eigenvalue weighted by molar-refractivity contribution is 1.00. The van der Waals surface area contributed by atoms with Crippen molar-refractivity contribution in [3.63, 3.8) is 0 Å². The first-order valence-electron chi connectivity index (χ1n) is 5.78. The Morgan fingerprint density at radius 2 is 1.94 bits per heavy atom. The quantitative estimate of drug-likeness (QED) is 0.601. The number of benzene rings is 2. The summed E-state index contributed by atoms with van der Waals surface area (Å²) in [7, 11) is 0. The zero-order valence-electron chi connectivity index (χ0n) is 9.19. The lowest BCUT2D eigenvalue weighted by Crippen LogP contribution is -1.86. The molecule has 0 amide bonds. The van der Waals surface area contributed by atoms with Crippen molar-refractivity contribution in [2.75, 3.05) is 0 Å². The van der Waals surface area contributed by atoms with E-state index in [1.807, 2.05) is 0 Å². The van der Waals surface area contributed by atoms with Gasteiger partial charge in [0.05, 0.1) is 0 Å². The van der Waals surface area contributed by atoms with Gasteiger partial charge in [-0.05, 0) is 34.7 Å². The third-order valence-corrected chi connectivity index (χ3v) is 3.10. The number of hydrogen-bond acceptors (Lipinski definition) is 0. The molecule has 0 saturated carbocycles. The molecule has 0 saturated heterocycles. The normalized spacial score (nSPS) is 14.5. The fraction of sp³-hybridized carbons (Fsp3) is 0.125. The predicted octanol–water partition coefficient (Wildman–Crippen LogP) is 4.36. The maximum absolute atomic E-state index is 2.33. The summed E-state index contributed by atoms with van der Waals surface area (Å²) in [6.07, 6.45) is 11.0. The predicted molar refractivity (Wildman–Crippen MR) is 70.4 cm³/mol. The van der Waals surface area contributed by atoms with Crippen LogP contribution in [-0.2, 0) is 6.42 Å². The van der Waals surface area contributed by atoms with E-state index < -0.39 is 0 Å². The second-order valence-corrected chi connectivity index (χ2v) is 4.23. The minimum Gasteiger partial charge on any atom is -0.0842 e. The van der Waals surface area contributed by atoms with Crippen molar-refractivity contribution >= 4 is 16.8 Å².